The zero-order chi connectivity index (χ0) is 12.8. The molecule has 2 rings (SSSR count). The number of benzene rings is 1. The molecule has 0 spiro atoms. The van der Waals surface area contributed by atoms with E-state index < -0.39 is 0 Å². The van der Waals surface area contributed by atoms with Crippen molar-refractivity contribution < 1.29 is 9.53 Å². The van der Waals surface area contributed by atoms with Crippen molar-refractivity contribution in [2.75, 3.05) is 26.7 Å². The standard InChI is InChI=1S/C15H21NO2/c1-18-15(17)14(13-8-4-2-5-9-13)12-16-10-6-3-7-11-16/h2,4-5,8-9,14H,3,6-7,10-12H2,1H3. The third-order valence-corrected chi connectivity index (χ3v) is 3.58. The van der Waals surface area contributed by atoms with Crippen LogP contribution in [0, 0.1) is 0 Å². The molecule has 1 fully saturated rings. The Kier molecular flexibility index (Phi) is 4.76. The van der Waals surface area contributed by atoms with Crippen molar-refractivity contribution in [3.63, 3.8) is 0 Å². The predicted octanol–water partition coefficient (Wildman–Crippen LogP) is 2.43. The first kappa shape index (κ1) is 13.1. The van der Waals surface area contributed by atoms with Crippen LogP contribution in [-0.2, 0) is 9.53 Å². The molecular formula is C15H21NO2. The summed E-state index contributed by atoms with van der Waals surface area (Å²) in [5.74, 6) is -0.291. The number of ether oxygens (including phenoxy) is 1. The van der Waals surface area contributed by atoms with Gasteiger partial charge in [-0.3, -0.25) is 4.79 Å². The first-order valence-electron chi connectivity index (χ1n) is 6.66. The van der Waals surface area contributed by atoms with Crippen molar-refractivity contribution >= 4 is 5.97 Å². The van der Waals surface area contributed by atoms with Crippen molar-refractivity contribution in [1.82, 2.24) is 4.90 Å². The Morgan fingerprint density at radius 2 is 1.89 bits per heavy atom. The fourth-order valence-electron chi connectivity index (χ4n) is 2.54. The third kappa shape index (κ3) is 3.33. The van der Waals surface area contributed by atoms with Gasteiger partial charge in [0.15, 0.2) is 0 Å². The molecule has 0 N–H and O–H groups in total. The van der Waals surface area contributed by atoms with Gasteiger partial charge in [0.05, 0.1) is 13.0 Å². The monoisotopic (exact) mass is 247 g/mol. The first-order valence-corrected chi connectivity index (χ1v) is 6.66. The number of methoxy groups -OCH3 is 1. The summed E-state index contributed by atoms with van der Waals surface area (Å²) in [4.78, 5) is 14.3. The van der Waals surface area contributed by atoms with Crippen LogP contribution in [0.2, 0.25) is 0 Å². The van der Waals surface area contributed by atoms with Crippen LogP contribution < -0.4 is 0 Å². The smallest absolute Gasteiger partial charge is 0.314 e. The van der Waals surface area contributed by atoms with Crippen LogP contribution in [0.3, 0.4) is 0 Å². The van der Waals surface area contributed by atoms with Crippen molar-refractivity contribution in [2.24, 2.45) is 0 Å². The highest BCUT2D eigenvalue weighted by Gasteiger charge is 2.24. The fourth-order valence-corrected chi connectivity index (χ4v) is 2.54. The Bertz CT molecular complexity index is 371. The normalized spacial score (nSPS) is 18.3. The van der Waals surface area contributed by atoms with E-state index in [-0.39, 0.29) is 11.9 Å². The maximum Gasteiger partial charge on any atom is 0.314 e. The molecule has 0 saturated carbocycles. The summed E-state index contributed by atoms with van der Waals surface area (Å²) >= 11 is 0. The van der Waals surface area contributed by atoms with Gasteiger partial charge in [0, 0.05) is 6.54 Å². The number of carbonyl (C=O) groups excluding carboxylic acids is 1. The number of hydrogen-bond donors (Lipinski definition) is 0. The van der Waals surface area contributed by atoms with Gasteiger partial charge in [0.1, 0.15) is 0 Å². The van der Waals surface area contributed by atoms with E-state index in [0.29, 0.717) is 0 Å². The van der Waals surface area contributed by atoms with E-state index in [4.69, 9.17) is 4.74 Å². The molecule has 1 aliphatic rings. The highest BCUT2D eigenvalue weighted by atomic mass is 16.5. The molecule has 3 heteroatoms. The number of esters is 1. The van der Waals surface area contributed by atoms with Gasteiger partial charge in [-0.05, 0) is 31.5 Å². The van der Waals surface area contributed by atoms with E-state index in [1.165, 1.54) is 26.4 Å². The van der Waals surface area contributed by atoms with Crippen molar-refractivity contribution in [3.8, 4) is 0 Å². The number of hydrogen-bond acceptors (Lipinski definition) is 3. The second-order valence-corrected chi connectivity index (χ2v) is 4.85. The molecule has 1 heterocycles. The highest BCUT2D eigenvalue weighted by Crippen LogP contribution is 2.20. The Labute approximate surface area is 109 Å². The van der Waals surface area contributed by atoms with Crippen LogP contribution >= 0.6 is 0 Å². The second kappa shape index (κ2) is 6.55. The van der Waals surface area contributed by atoms with Crippen LogP contribution in [0.4, 0.5) is 0 Å². The molecular weight excluding hydrogens is 226 g/mol. The highest BCUT2D eigenvalue weighted by molar-refractivity contribution is 5.78. The summed E-state index contributed by atoms with van der Waals surface area (Å²) in [6.07, 6.45) is 3.79. The predicted molar refractivity (Wildman–Crippen MR) is 71.5 cm³/mol. The van der Waals surface area contributed by atoms with E-state index in [2.05, 4.69) is 4.90 Å². The second-order valence-electron chi connectivity index (χ2n) is 4.85. The minimum absolute atomic E-state index is 0.133. The molecule has 1 aromatic rings. The van der Waals surface area contributed by atoms with E-state index >= 15 is 0 Å². The molecule has 0 radical (unpaired) electrons. The summed E-state index contributed by atoms with van der Waals surface area (Å²) in [6, 6.07) is 9.93. The van der Waals surface area contributed by atoms with Gasteiger partial charge in [-0.1, -0.05) is 36.8 Å². The molecule has 0 aromatic heterocycles. The van der Waals surface area contributed by atoms with E-state index in [1.807, 2.05) is 30.3 Å². The van der Waals surface area contributed by atoms with Crippen molar-refractivity contribution in [1.29, 1.82) is 0 Å². The molecule has 1 aliphatic heterocycles. The molecule has 18 heavy (non-hydrogen) atoms. The lowest BCUT2D eigenvalue weighted by Gasteiger charge is -2.29. The van der Waals surface area contributed by atoms with Crippen LogP contribution in [0.5, 0.6) is 0 Å². The molecule has 0 bridgehead atoms. The summed E-state index contributed by atoms with van der Waals surface area (Å²) in [7, 11) is 1.47. The van der Waals surface area contributed by atoms with Gasteiger partial charge in [-0.15, -0.1) is 0 Å². The van der Waals surface area contributed by atoms with Crippen LogP contribution in [0.25, 0.3) is 0 Å². The summed E-state index contributed by atoms with van der Waals surface area (Å²) in [5.41, 5.74) is 1.05. The Morgan fingerprint density at radius 3 is 2.50 bits per heavy atom. The van der Waals surface area contributed by atoms with Gasteiger partial charge in [-0.2, -0.15) is 0 Å². The Balaban J connectivity index is 2.07. The van der Waals surface area contributed by atoms with Gasteiger partial charge in [0.2, 0.25) is 0 Å². The SMILES string of the molecule is COC(=O)C(CN1CCCCC1)c1ccccc1. The van der Waals surface area contributed by atoms with Gasteiger partial charge >= 0.3 is 5.97 Å². The number of carbonyl (C=O) groups is 1. The fraction of sp³-hybridized carbons (Fsp3) is 0.533. The average molecular weight is 247 g/mol. The van der Waals surface area contributed by atoms with Gasteiger partial charge in [-0.25, -0.2) is 0 Å². The zero-order valence-corrected chi connectivity index (χ0v) is 11.0. The lowest BCUT2D eigenvalue weighted by molar-refractivity contribution is -0.143. The topological polar surface area (TPSA) is 29.5 Å². The minimum atomic E-state index is -0.158. The minimum Gasteiger partial charge on any atom is -0.469 e. The molecule has 3 nitrogen and oxygen atoms in total. The zero-order valence-electron chi connectivity index (χ0n) is 11.0. The van der Waals surface area contributed by atoms with E-state index in [9.17, 15) is 4.79 Å². The molecule has 0 aliphatic carbocycles. The van der Waals surface area contributed by atoms with Gasteiger partial charge < -0.3 is 9.64 Å². The Morgan fingerprint density at radius 1 is 1.22 bits per heavy atom. The number of likely N-dealkylation sites (tertiary alicyclic amines) is 1. The molecule has 0 amide bonds. The quantitative estimate of drug-likeness (QED) is 0.765. The molecule has 98 valence electrons. The van der Waals surface area contributed by atoms with Gasteiger partial charge in [0.25, 0.3) is 0 Å². The maximum absolute atomic E-state index is 11.9. The lowest BCUT2D eigenvalue weighted by Crippen LogP contribution is -2.36. The van der Waals surface area contributed by atoms with Crippen LogP contribution in [0.1, 0.15) is 30.7 Å². The molecule has 1 saturated heterocycles. The summed E-state index contributed by atoms with van der Waals surface area (Å²) in [6.45, 7) is 2.97. The average Bonchev–Trinajstić information content (AvgIpc) is 2.46. The van der Waals surface area contributed by atoms with E-state index in [0.717, 1.165) is 25.2 Å². The van der Waals surface area contributed by atoms with Crippen LogP contribution in [0.15, 0.2) is 30.3 Å². The summed E-state index contributed by atoms with van der Waals surface area (Å²) < 4.78 is 4.94. The molecule has 1 aromatic carbocycles. The van der Waals surface area contributed by atoms with Crippen molar-refractivity contribution in [3.05, 3.63) is 35.9 Å². The number of piperidine rings is 1. The maximum atomic E-state index is 11.9. The number of nitrogens with zero attached hydrogens (tertiary/aromatic N) is 1. The van der Waals surface area contributed by atoms with Crippen LogP contribution in [-0.4, -0.2) is 37.6 Å². The molecule has 1 atom stereocenters. The van der Waals surface area contributed by atoms with E-state index in [1.54, 1.807) is 0 Å². The Hall–Kier alpha value is -1.35. The summed E-state index contributed by atoms with van der Waals surface area (Å²) in [5, 5.41) is 0. The lowest BCUT2D eigenvalue weighted by atomic mass is 9.97. The molecule has 1 unspecified atom stereocenters. The largest absolute Gasteiger partial charge is 0.469 e. The number of rotatable bonds is 4. The first-order chi connectivity index (χ1) is 8.81. The third-order valence-electron chi connectivity index (χ3n) is 3.58. The van der Waals surface area contributed by atoms with Crippen molar-refractivity contribution in [2.45, 2.75) is 25.2 Å².